The summed E-state index contributed by atoms with van der Waals surface area (Å²) in [5.41, 5.74) is -2.36. The van der Waals surface area contributed by atoms with E-state index < -0.39 is 70.9 Å². The Morgan fingerprint density at radius 3 is 2.64 bits per heavy atom. The van der Waals surface area contributed by atoms with Crippen molar-refractivity contribution in [3.8, 4) is 5.75 Å². The van der Waals surface area contributed by atoms with Crippen molar-refractivity contribution in [2.45, 2.75) is 44.8 Å². The molecule has 2 aliphatic rings. The van der Waals surface area contributed by atoms with Crippen molar-refractivity contribution in [3.63, 3.8) is 0 Å². The number of aromatic hydroxyl groups is 1. The normalized spacial score (nSPS) is 20.0. The second-order valence-corrected chi connectivity index (χ2v) is 8.02. The number of benzene rings is 1. The topological polar surface area (TPSA) is 94.9 Å². The van der Waals surface area contributed by atoms with E-state index in [1.165, 1.54) is 4.90 Å². The summed E-state index contributed by atoms with van der Waals surface area (Å²) in [6.45, 7) is 1.07. The van der Waals surface area contributed by atoms with Crippen LogP contribution in [0.1, 0.15) is 46.2 Å². The second kappa shape index (κ2) is 8.41. The van der Waals surface area contributed by atoms with Crippen molar-refractivity contribution < 1.29 is 32.3 Å². The molecule has 8 nitrogen and oxygen atoms in total. The zero-order valence-corrected chi connectivity index (χ0v) is 17.4. The van der Waals surface area contributed by atoms with E-state index in [-0.39, 0.29) is 25.1 Å². The molecule has 2 aromatic rings. The van der Waals surface area contributed by atoms with Gasteiger partial charge in [0.15, 0.2) is 11.4 Å². The third kappa shape index (κ3) is 3.89. The molecule has 1 fully saturated rings. The number of rotatable bonds is 4. The van der Waals surface area contributed by atoms with Gasteiger partial charge in [-0.3, -0.25) is 24.1 Å². The molecule has 0 spiro atoms. The number of fused-ring (bicyclic) bond motifs is 4. The standard InChI is InChI=1S/C21H20F4N4O4/c1-10-2-5-15(19(24)25)29-9-27(10)21(33)16-18(31)17(30)13(8-28(16)29)20(32)26-7-11-3-4-12(22)6-14(11)23/h3-4,6,8,10,15,19,31H,2,5,7,9H2,1H3,(H,26,32)/t10-,15-/m0/s1. The Balaban J connectivity index is 1.72. The predicted molar refractivity (Wildman–Crippen MR) is 108 cm³/mol. The van der Waals surface area contributed by atoms with Crippen molar-refractivity contribution in [2.24, 2.45) is 0 Å². The molecule has 2 bridgehead atoms. The van der Waals surface area contributed by atoms with Crippen molar-refractivity contribution in [1.29, 1.82) is 0 Å². The first kappa shape index (κ1) is 22.6. The van der Waals surface area contributed by atoms with Crippen molar-refractivity contribution in [1.82, 2.24) is 14.9 Å². The number of carbonyl (C=O) groups is 2. The molecule has 1 aromatic heterocycles. The van der Waals surface area contributed by atoms with Gasteiger partial charge in [-0.2, -0.15) is 0 Å². The number of hydrogen-bond donors (Lipinski definition) is 2. The zero-order valence-electron chi connectivity index (χ0n) is 17.4. The van der Waals surface area contributed by atoms with Crippen molar-refractivity contribution >= 4 is 11.8 Å². The van der Waals surface area contributed by atoms with Crippen LogP contribution in [-0.4, -0.2) is 51.7 Å². The highest BCUT2D eigenvalue weighted by Crippen LogP contribution is 2.30. The highest BCUT2D eigenvalue weighted by Gasteiger charge is 2.43. The van der Waals surface area contributed by atoms with E-state index in [0.29, 0.717) is 6.07 Å². The quantitative estimate of drug-likeness (QED) is 0.669. The molecular formula is C21H20F4N4O4. The molecule has 2 N–H and O–H groups in total. The Hall–Kier alpha value is -3.57. The fraction of sp³-hybridized carbons (Fsp3) is 0.381. The highest BCUT2D eigenvalue weighted by molar-refractivity contribution is 5.99. The van der Waals surface area contributed by atoms with E-state index in [4.69, 9.17) is 0 Å². The van der Waals surface area contributed by atoms with Gasteiger partial charge in [-0.25, -0.2) is 17.6 Å². The Bertz CT molecular complexity index is 1190. The SMILES string of the molecule is C[C@H]1CC[C@@H](C(F)F)N2CN1C(=O)c1c(O)c(=O)c(C(=O)NCc3ccc(F)cc3F)cn12. The van der Waals surface area contributed by atoms with Crippen LogP contribution < -0.4 is 15.8 Å². The van der Waals surface area contributed by atoms with Gasteiger partial charge in [0, 0.05) is 30.4 Å². The van der Waals surface area contributed by atoms with Crippen LogP contribution in [0.2, 0.25) is 0 Å². The number of aromatic nitrogens is 1. The first-order chi connectivity index (χ1) is 15.6. The van der Waals surface area contributed by atoms with E-state index in [2.05, 4.69) is 5.32 Å². The maximum Gasteiger partial charge on any atom is 0.278 e. The summed E-state index contributed by atoms with van der Waals surface area (Å²) in [6.07, 6.45) is -1.54. The molecule has 3 heterocycles. The third-order valence-electron chi connectivity index (χ3n) is 5.99. The fourth-order valence-corrected chi connectivity index (χ4v) is 4.09. The first-order valence-electron chi connectivity index (χ1n) is 10.2. The lowest BCUT2D eigenvalue weighted by molar-refractivity contribution is 0.0579. The molecule has 0 radical (unpaired) electrons. The number of hydrogen-bond acceptors (Lipinski definition) is 5. The van der Waals surface area contributed by atoms with E-state index in [1.54, 1.807) is 6.92 Å². The smallest absolute Gasteiger partial charge is 0.278 e. The number of alkyl halides is 2. The van der Waals surface area contributed by atoms with Gasteiger partial charge >= 0.3 is 0 Å². The minimum absolute atomic E-state index is 0.0420. The Morgan fingerprint density at radius 2 is 1.97 bits per heavy atom. The van der Waals surface area contributed by atoms with Crippen LogP contribution in [0.5, 0.6) is 5.75 Å². The zero-order chi connectivity index (χ0) is 24.0. The average molecular weight is 468 g/mol. The van der Waals surface area contributed by atoms with E-state index in [9.17, 15) is 37.1 Å². The molecule has 2 aliphatic heterocycles. The third-order valence-corrected chi connectivity index (χ3v) is 5.99. The summed E-state index contributed by atoms with van der Waals surface area (Å²) < 4.78 is 55.4. The molecule has 0 unspecified atom stereocenters. The molecule has 0 saturated carbocycles. The van der Waals surface area contributed by atoms with E-state index in [0.717, 1.165) is 28.0 Å². The lowest BCUT2D eigenvalue weighted by Crippen LogP contribution is -2.59. The molecule has 2 amide bonds. The summed E-state index contributed by atoms with van der Waals surface area (Å²) in [6, 6.07) is 1.01. The van der Waals surface area contributed by atoms with Gasteiger partial charge in [-0.15, -0.1) is 0 Å². The molecule has 1 saturated heterocycles. The second-order valence-electron chi connectivity index (χ2n) is 8.02. The van der Waals surface area contributed by atoms with Crippen LogP contribution >= 0.6 is 0 Å². The van der Waals surface area contributed by atoms with Gasteiger partial charge in [0.1, 0.15) is 29.9 Å². The summed E-state index contributed by atoms with van der Waals surface area (Å²) in [7, 11) is 0. The maximum absolute atomic E-state index is 13.8. The monoisotopic (exact) mass is 468 g/mol. The molecule has 33 heavy (non-hydrogen) atoms. The van der Waals surface area contributed by atoms with Gasteiger partial charge in [-0.1, -0.05) is 6.07 Å². The number of nitrogens with zero attached hydrogens (tertiary/aromatic N) is 3. The Morgan fingerprint density at radius 1 is 1.24 bits per heavy atom. The van der Waals surface area contributed by atoms with E-state index >= 15 is 0 Å². The van der Waals surface area contributed by atoms with Crippen molar-refractivity contribution in [3.05, 3.63) is 63.1 Å². The lowest BCUT2D eigenvalue weighted by Gasteiger charge is -2.42. The summed E-state index contributed by atoms with van der Waals surface area (Å²) in [5.74, 6) is -4.51. The molecular weight excluding hydrogens is 448 g/mol. The molecule has 1 aromatic carbocycles. The Labute approximate surface area is 185 Å². The minimum atomic E-state index is -2.79. The maximum atomic E-state index is 13.8. The van der Waals surface area contributed by atoms with Crippen LogP contribution in [0.3, 0.4) is 0 Å². The van der Waals surface area contributed by atoms with Crippen LogP contribution in [0, 0.1) is 11.6 Å². The van der Waals surface area contributed by atoms with Crippen molar-refractivity contribution in [2.75, 3.05) is 11.7 Å². The molecule has 176 valence electrons. The van der Waals surface area contributed by atoms with Gasteiger partial charge in [0.25, 0.3) is 18.2 Å². The van der Waals surface area contributed by atoms with Gasteiger partial charge in [0.2, 0.25) is 5.43 Å². The fourth-order valence-electron chi connectivity index (χ4n) is 4.09. The number of nitrogens with one attached hydrogen (secondary N) is 1. The minimum Gasteiger partial charge on any atom is -0.502 e. The average Bonchev–Trinajstić information content (AvgIpc) is 2.91. The van der Waals surface area contributed by atoms with Gasteiger partial charge < -0.3 is 15.3 Å². The largest absolute Gasteiger partial charge is 0.502 e. The molecule has 4 rings (SSSR count). The summed E-state index contributed by atoms with van der Waals surface area (Å²) in [5, 5.41) is 13.9. The van der Waals surface area contributed by atoms with Crippen LogP contribution in [0.15, 0.2) is 29.2 Å². The highest BCUT2D eigenvalue weighted by atomic mass is 19.3. The van der Waals surface area contributed by atoms with Gasteiger partial charge in [0.05, 0.1) is 0 Å². The van der Waals surface area contributed by atoms with Gasteiger partial charge in [-0.05, 0) is 25.8 Å². The van der Waals surface area contributed by atoms with E-state index in [1.807, 2.05) is 0 Å². The van der Waals surface area contributed by atoms with Crippen LogP contribution in [-0.2, 0) is 6.54 Å². The summed E-state index contributed by atoms with van der Waals surface area (Å²) in [4.78, 5) is 39.5. The molecule has 2 atom stereocenters. The first-order valence-corrected chi connectivity index (χ1v) is 10.2. The number of halogens is 4. The number of amides is 2. The molecule has 0 aliphatic carbocycles. The Kier molecular flexibility index (Phi) is 5.76. The molecule has 12 heteroatoms. The van der Waals surface area contributed by atoms with Crippen LogP contribution in [0.25, 0.3) is 0 Å². The predicted octanol–water partition coefficient (Wildman–Crippen LogP) is 1.93. The lowest BCUT2D eigenvalue weighted by atomic mass is 10.1. The summed E-state index contributed by atoms with van der Waals surface area (Å²) >= 11 is 0. The van der Waals surface area contributed by atoms with Crippen LogP contribution in [0.4, 0.5) is 17.6 Å². The number of pyridine rings is 1. The number of carbonyl (C=O) groups excluding carboxylic acids is 2.